The average molecular weight is 1120 g/mol. The number of rotatable bonds is 22. The lowest BCUT2D eigenvalue weighted by Gasteiger charge is -2.35. The normalized spacial score (nSPS) is 18.5. The number of aromatic amines is 1. The molecular formula is C57H69F2N13O7S. The van der Waals surface area contributed by atoms with Crippen LogP contribution in [0.15, 0.2) is 66.7 Å². The number of likely N-dealkylation sites (tertiary alicyclic amines) is 1. The van der Waals surface area contributed by atoms with Gasteiger partial charge in [-0.25, -0.2) is 23.7 Å². The Bertz CT molecular complexity index is 3240. The van der Waals surface area contributed by atoms with E-state index in [1.165, 1.54) is 22.3 Å². The van der Waals surface area contributed by atoms with Crippen LogP contribution in [-0.2, 0) is 25.7 Å². The first-order chi connectivity index (χ1) is 38.4. The number of fused-ring (bicyclic) bond motifs is 1. The van der Waals surface area contributed by atoms with Crippen molar-refractivity contribution in [3.05, 3.63) is 95.0 Å². The van der Waals surface area contributed by atoms with Gasteiger partial charge in [-0.2, -0.15) is 5.10 Å². The second-order valence-electron chi connectivity index (χ2n) is 22.6. The summed E-state index contributed by atoms with van der Waals surface area (Å²) in [6.45, 7) is 10.1. The molecule has 6 aromatic rings. The summed E-state index contributed by atoms with van der Waals surface area (Å²) < 4.78 is 38.7. The number of aromatic nitrogens is 6. The summed E-state index contributed by atoms with van der Waals surface area (Å²) >= 11 is 1.51. The van der Waals surface area contributed by atoms with Crippen molar-refractivity contribution < 1.29 is 42.6 Å². The van der Waals surface area contributed by atoms with E-state index in [-0.39, 0.29) is 62.0 Å². The molecule has 2 aromatic carbocycles. The molecule has 0 radical (unpaired) electrons. The van der Waals surface area contributed by atoms with Gasteiger partial charge in [0.2, 0.25) is 17.7 Å². The Labute approximate surface area is 466 Å². The fraction of sp³-hybridized carbons (Fsp3) is 0.491. The minimum Gasteiger partial charge on any atom is -0.493 e. The lowest BCUT2D eigenvalue weighted by atomic mass is 9.85. The van der Waals surface area contributed by atoms with E-state index in [0.717, 1.165) is 71.6 Å². The van der Waals surface area contributed by atoms with Crippen LogP contribution in [0.1, 0.15) is 112 Å². The highest BCUT2D eigenvalue weighted by atomic mass is 32.1. The zero-order valence-corrected chi connectivity index (χ0v) is 46.3. The van der Waals surface area contributed by atoms with Crippen molar-refractivity contribution in [1.29, 1.82) is 0 Å². The highest BCUT2D eigenvalue weighted by Gasteiger charge is 2.53. The molecule has 2 aliphatic heterocycles. The number of thiazole rings is 1. The van der Waals surface area contributed by atoms with Crippen LogP contribution in [0.2, 0.25) is 0 Å². The summed E-state index contributed by atoms with van der Waals surface area (Å²) in [5.74, 6) is -1.49. The van der Waals surface area contributed by atoms with Gasteiger partial charge in [-0.05, 0) is 80.7 Å². The number of amides is 5. The zero-order chi connectivity index (χ0) is 56.3. The van der Waals surface area contributed by atoms with Gasteiger partial charge in [0.25, 0.3) is 11.8 Å². The maximum Gasteiger partial charge on any atom is 0.258 e. The molecule has 6 heterocycles. The summed E-state index contributed by atoms with van der Waals surface area (Å²) in [7, 11) is 0. The molecule has 80 heavy (non-hydrogen) atoms. The molecule has 23 heteroatoms. The lowest BCUT2D eigenvalue weighted by Crippen LogP contribution is -2.59. The number of aryl methyl sites for hydroxylation is 1. The van der Waals surface area contributed by atoms with Gasteiger partial charge in [-0.1, -0.05) is 45.7 Å². The molecule has 3 atom stereocenters. The summed E-state index contributed by atoms with van der Waals surface area (Å²) in [4.78, 5) is 86.8. The molecular weight excluding hydrogens is 1050 g/mol. The van der Waals surface area contributed by atoms with Crippen LogP contribution in [0.3, 0.4) is 0 Å². The van der Waals surface area contributed by atoms with Crippen molar-refractivity contribution >= 4 is 58.0 Å². The maximum absolute atomic E-state index is 15.7. The number of halogens is 2. The summed E-state index contributed by atoms with van der Waals surface area (Å²) in [6.07, 6.45) is 11.7. The predicted octanol–water partition coefficient (Wildman–Crippen LogP) is 6.44. The van der Waals surface area contributed by atoms with Crippen molar-refractivity contribution in [2.45, 2.75) is 122 Å². The number of anilines is 2. The summed E-state index contributed by atoms with van der Waals surface area (Å²) in [5.41, 5.74) is 5.05. The quantitative estimate of drug-likeness (QED) is 0.0402. The highest BCUT2D eigenvalue weighted by molar-refractivity contribution is 7.13. The van der Waals surface area contributed by atoms with Crippen LogP contribution in [0.4, 0.5) is 20.3 Å². The van der Waals surface area contributed by atoms with Gasteiger partial charge >= 0.3 is 0 Å². The monoisotopic (exact) mass is 1120 g/mol. The molecule has 20 nitrogen and oxygen atoms in total. The number of carbonyl (C=O) groups is 5. The molecule has 5 amide bonds. The summed E-state index contributed by atoms with van der Waals surface area (Å²) in [6, 6.07) is 8.06. The predicted molar refractivity (Wildman–Crippen MR) is 296 cm³/mol. The van der Waals surface area contributed by atoms with Crippen molar-refractivity contribution in [2.75, 3.05) is 57.7 Å². The number of unbranched alkanes of at least 4 members (excludes halogenated alkanes) is 3. The van der Waals surface area contributed by atoms with E-state index in [2.05, 4.69) is 41.4 Å². The Morgan fingerprint density at radius 2 is 1.75 bits per heavy atom. The van der Waals surface area contributed by atoms with Crippen molar-refractivity contribution in [2.24, 2.45) is 5.41 Å². The first-order valence-electron chi connectivity index (χ1n) is 27.6. The summed E-state index contributed by atoms with van der Waals surface area (Å²) in [5, 5.41) is 29.3. The van der Waals surface area contributed by atoms with Crippen molar-refractivity contribution in [3.8, 4) is 27.4 Å². The topological polar surface area (TPSA) is 244 Å². The first kappa shape index (κ1) is 55.9. The third-order valence-corrected chi connectivity index (χ3v) is 16.3. The largest absolute Gasteiger partial charge is 0.493 e. The van der Waals surface area contributed by atoms with E-state index in [9.17, 15) is 33.5 Å². The van der Waals surface area contributed by atoms with E-state index < -0.39 is 52.8 Å². The number of carbonyl (C=O) groups excluding carboxylic acids is 5. The number of alkyl halides is 1. The number of piperazine rings is 1. The number of hydrogen-bond donors (Lipinski definition) is 6. The van der Waals surface area contributed by atoms with Gasteiger partial charge in [0, 0.05) is 87.2 Å². The molecule has 4 aromatic heterocycles. The van der Waals surface area contributed by atoms with Gasteiger partial charge in [-0.3, -0.25) is 38.4 Å². The van der Waals surface area contributed by atoms with Crippen molar-refractivity contribution in [1.82, 2.24) is 60.2 Å². The molecule has 0 unspecified atom stereocenters. The third kappa shape index (κ3) is 12.9. The Hall–Kier alpha value is -7.37. The number of ether oxygens (including phenoxy) is 1. The molecule has 0 spiro atoms. The first-order valence-corrected chi connectivity index (χ1v) is 28.4. The number of nitrogens with zero attached hydrogens (tertiary/aromatic N) is 8. The minimum absolute atomic E-state index is 0.0110. The molecule has 4 aliphatic rings. The number of nitrogens with one attached hydrogen (secondary N) is 5. The Kier molecular flexibility index (Phi) is 16.6. The van der Waals surface area contributed by atoms with Gasteiger partial charge < -0.3 is 40.9 Å². The maximum atomic E-state index is 15.7. The van der Waals surface area contributed by atoms with Gasteiger partial charge in [0.05, 0.1) is 64.8 Å². The molecule has 4 fully saturated rings. The number of imidazole rings is 1. The van der Waals surface area contributed by atoms with Crippen LogP contribution < -0.4 is 26.0 Å². The Morgan fingerprint density at radius 3 is 2.45 bits per heavy atom. The smallest absolute Gasteiger partial charge is 0.258 e. The molecule has 2 aliphatic carbocycles. The van der Waals surface area contributed by atoms with E-state index >= 15 is 4.39 Å². The standard InChI is InChI=1S/C57H69F2N13O7S/c1-34-48(80-33-63-34)36-11-12-38(26-62-52(75)44-25-40(73)30-72(44)54(77)49(56(2,3)4)68-55(78)57(59)15-16-57)46(24-36)79-22-8-6-5-7-17-60-47(74)32-69-18-20-70(21-19-69)53(76)37-13-14-42(41(58)23-37)66-50-51-61-29-45(39-27-64-65-28-39)71(51)31-43(67-50)35-9-10-35/h11-14,23-24,27-29,31,33,35,40,44,49,73H,5-10,15-22,25-26,30,32H2,1-4H3,(H,60,74)(H,62,75)(H,64,65)(H,66,67)(H,68,78)/t40-,44+,49-/m1/s1. The van der Waals surface area contributed by atoms with Gasteiger partial charge in [-0.15, -0.1) is 11.3 Å². The van der Waals surface area contributed by atoms with Gasteiger partial charge in [0.15, 0.2) is 17.1 Å². The second kappa shape index (κ2) is 23.8. The third-order valence-electron chi connectivity index (χ3n) is 15.3. The number of aliphatic hydroxyl groups excluding tert-OH is 1. The van der Waals surface area contributed by atoms with Gasteiger partial charge in [0.1, 0.15) is 23.7 Å². The number of benzene rings is 2. The number of β-amino-alcohol motifs (C(OH)–C–C–N with tert-alkyl or cyclic N) is 1. The van der Waals surface area contributed by atoms with Crippen LogP contribution in [-0.4, -0.2) is 155 Å². The van der Waals surface area contributed by atoms with Crippen LogP contribution in [0, 0.1) is 18.2 Å². The van der Waals surface area contributed by atoms with Crippen LogP contribution in [0.25, 0.3) is 27.3 Å². The zero-order valence-electron chi connectivity index (χ0n) is 45.5. The lowest BCUT2D eigenvalue weighted by molar-refractivity contribution is -0.145. The number of aliphatic hydroxyl groups is 1. The molecule has 10 rings (SSSR count). The molecule has 6 N–H and O–H groups in total. The number of hydrogen-bond acceptors (Lipinski definition) is 14. The molecule has 2 saturated carbocycles. The Morgan fingerprint density at radius 1 is 0.963 bits per heavy atom. The second-order valence-corrected chi connectivity index (χ2v) is 23.4. The molecule has 2 saturated heterocycles. The van der Waals surface area contributed by atoms with E-state index in [1.807, 2.05) is 40.6 Å². The number of H-pyrrole nitrogens is 1. The van der Waals surface area contributed by atoms with Crippen LogP contribution >= 0.6 is 11.3 Å². The highest BCUT2D eigenvalue weighted by Crippen LogP contribution is 2.42. The average Bonchev–Trinajstić information content (AvgIpc) is 4.16. The van der Waals surface area contributed by atoms with Crippen LogP contribution in [0.5, 0.6) is 5.75 Å². The van der Waals surface area contributed by atoms with E-state index in [0.29, 0.717) is 68.0 Å². The van der Waals surface area contributed by atoms with E-state index in [4.69, 9.17) is 9.72 Å². The fourth-order valence-electron chi connectivity index (χ4n) is 10.3. The van der Waals surface area contributed by atoms with E-state index in [1.54, 1.807) is 61.9 Å². The Balaban J connectivity index is 0.650. The van der Waals surface area contributed by atoms with Crippen molar-refractivity contribution in [3.63, 3.8) is 0 Å². The molecule has 424 valence electrons. The molecule has 0 bridgehead atoms. The fourth-order valence-corrected chi connectivity index (χ4v) is 11.1. The SMILES string of the molecule is Cc1ncsc1-c1ccc(CNC(=O)[C@@H]2C[C@@H](O)CN2C(=O)[C@@H](NC(=O)C2(F)CC2)C(C)(C)C)c(OCCCCCCNC(=O)CN2CCN(C(=O)c3ccc(Nc4nc(C5CC5)cn5c(-c6cn[nH]c6)cnc45)c(F)c3)CC2)c1. The minimum atomic E-state index is -1.98.